The molecule has 0 aromatic carbocycles. The predicted octanol–water partition coefficient (Wildman–Crippen LogP) is 0.497. The minimum absolute atomic E-state index is 0.00933. The van der Waals surface area contributed by atoms with Gasteiger partial charge >= 0.3 is 11.7 Å². The summed E-state index contributed by atoms with van der Waals surface area (Å²) in [7, 11) is 0. The lowest BCUT2D eigenvalue weighted by atomic mass is 10.2. The fourth-order valence-electron chi connectivity index (χ4n) is 2.92. The van der Waals surface area contributed by atoms with Gasteiger partial charge in [0, 0.05) is 32.0 Å². The third-order valence-corrected chi connectivity index (χ3v) is 4.50. The first-order chi connectivity index (χ1) is 15.4. The highest BCUT2D eigenvalue weighted by atomic mass is 16.5. The number of aromatic nitrogens is 4. The normalized spacial score (nSPS) is 10.6. The molecule has 12 heteroatoms. The largest absolute Gasteiger partial charge is 0.455 e. The van der Waals surface area contributed by atoms with Gasteiger partial charge in [0.15, 0.2) is 12.3 Å². The standard InChI is InChI=1S/C20H29N7O5/c1-3-5-12-26(16-17(21)27(11-4-2)20(31)25-18(16)30)14(28)13-32-15(29)7-10-24-19-22-8-6-9-23-19/h6,8-9H,3-5,7,10-13,21H2,1-2H3,(H,22,23,24)(H,25,30,31). The zero-order chi connectivity index (χ0) is 23.5. The maximum atomic E-state index is 12.8. The van der Waals surface area contributed by atoms with Gasteiger partial charge in [-0.2, -0.15) is 0 Å². The van der Waals surface area contributed by atoms with Crippen LogP contribution < -0.4 is 27.2 Å². The summed E-state index contributed by atoms with van der Waals surface area (Å²) in [5, 5.41) is 2.87. The highest BCUT2D eigenvalue weighted by Gasteiger charge is 2.24. The molecule has 0 radical (unpaired) electrons. The number of carbonyl (C=O) groups is 2. The van der Waals surface area contributed by atoms with E-state index in [9.17, 15) is 19.2 Å². The van der Waals surface area contributed by atoms with Gasteiger partial charge in [0.25, 0.3) is 11.5 Å². The molecule has 2 aromatic heterocycles. The maximum absolute atomic E-state index is 12.8. The number of nitrogen functional groups attached to an aromatic ring is 1. The molecule has 4 N–H and O–H groups in total. The molecule has 2 rings (SSSR count). The second-order valence-corrected chi connectivity index (χ2v) is 6.95. The van der Waals surface area contributed by atoms with Crippen LogP contribution in [-0.2, 0) is 20.9 Å². The van der Waals surface area contributed by atoms with Crippen molar-refractivity contribution in [2.75, 3.05) is 35.6 Å². The lowest BCUT2D eigenvalue weighted by Gasteiger charge is -2.24. The zero-order valence-electron chi connectivity index (χ0n) is 18.3. The number of aromatic amines is 1. The Hall–Kier alpha value is -3.70. The summed E-state index contributed by atoms with van der Waals surface area (Å²) in [4.78, 5) is 60.7. The van der Waals surface area contributed by atoms with E-state index in [2.05, 4.69) is 20.3 Å². The highest BCUT2D eigenvalue weighted by Crippen LogP contribution is 2.18. The van der Waals surface area contributed by atoms with Crippen LogP contribution in [0, 0.1) is 0 Å². The van der Waals surface area contributed by atoms with Crippen LogP contribution in [0.25, 0.3) is 0 Å². The fourth-order valence-corrected chi connectivity index (χ4v) is 2.92. The van der Waals surface area contributed by atoms with Gasteiger partial charge in [-0.3, -0.25) is 23.9 Å². The molecule has 0 aliphatic carbocycles. The average molecular weight is 447 g/mol. The monoisotopic (exact) mass is 447 g/mol. The van der Waals surface area contributed by atoms with Gasteiger partial charge in [-0.1, -0.05) is 20.3 Å². The van der Waals surface area contributed by atoms with Crippen molar-refractivity contribution in [3.63, 3.8) is 0 Å². The number of hydrogen-bond donors (Lipinski definition) is 3. The molecule has 174 valence electrons. The van der Waals surface area contributed by atoms with Crippen molar-refractivity contribution in [3.05, 3.63) is 39.3 Å². The van der Waals surface area contributed by atoms with E-state index < -0.39 is 29.7 Å². The Balaban J connectivity index is 2.07. The number of carbonyl (C=O) groups excluding carboxylic acids is 2. The molecule has 12 nitrogen and oxygen atoms in total. The number of rotatable bonds is 12. The summed E-state index contributed by atoms with van der Waals surface area (Å²) in [6.45, 7) is 3.93. The number of nitrogens with two attached hydrogens (primary N) is 1. The summed E-state index contributed by atoms with van der Waals surface area (Å²) in [6, 6.07) is 1.67. The van der Waals surface area contributed by atoms with E-state index in [0.29, 0.717) is 18.8 Å². The second-order valence-electron chi connectivity index (χ2n) is 6.95. The summed E-state index contributed by atoms with van der Waals surface area (Å²) < 4.78 is 6.29. The van der Waals surface area contributed by atoms with Crippen molar-refractivity contribution in [3.8, 4) is 0 Å². The molecule has 2 aromatic rings. The number of ether oxygens (including phenoxy) is 1. The smallest absolute Gasteiger partial charge is 0.330 e. The van der Waals surface area contributed by atoms with Crippen LogP contribution in [-0.4, -0.2) is 51.1 Å². The number of H-pyrrole nitrogens is 1. The molecule has 1 amide bonds. The van der Waals surface area contributed by atoms with Gasteiger partial charge in [0.1, 0.15) is 5.82 Å². The number of amides is 1. The molecular weight excluding hydrogens is 418 g/mol. The number of hydrogen-bond acceptors (Lipinski definition) is 9. The molecule has 0 aliphatic heterocycles. The molecule has 0 unspecified atom stereocenters. The van der Waals surface area contributed by atoms with Gasteiger partial charge in [-0.15, -0.1) is 0 Å². The van der Waals surface area contributed by atoms with Crippen molar-refractivity contribution in [1.82, 2.24) is 19.5 Å². The molecule has 0 bridgehead atoms. The van der Waals surface area contributed by atoms with Gasteiger partial charge in [0.05, 0.1) is 6.42 Å². The van der Waals surface area contributed by atoms with Crippen LogP contribution in [0.5, 0.6) is 0 Å². The highest BCUT2D eigenvalue weighted by molar-refractivity contribution is 5.97. The minimum atomic E-state index is -0.761. The lowest BCUT2D eigenvalue weighted by Crippen LogP contribution is -2.43. The van der Waals surface area contributed by atoms with Crippen molar-refractivity contribution in [1.29, 1.82) is 0 Å². The quantitative estimate of drug-likeness (QED) is 0.393. The molecule has 0 saturated heterocycles. The van der Waals surface area contributed by atoms with Gasteiger partial charge < -0.3 is 20.7 Å². The number of nitrogens with one attached hydrogen (secondary N) is 2. The molecule has 0 spiro atoms. The first-order valence-corrected chi connectivity index (χ1v) is 10.5. The van der Waals surface area contributed by atoms with E-state index in [1.54, 1.807) is 18.5 Å². The molecule has 0 aliphatic rings. The van der Waals surface area contributed by atoms with Crippen molar-refractivity contribution in [2.24, 2.45) is 0 Å². The van der Waals surface area contributed by atoms with Crippen LogP contribution in [0.2, 0.25) is 0 Å². The van der Waals surface area contributed by atoms with E-state index in [1.807, 2.05) is 13.8 Å². The Bertz CT molecular complexity index is 1020. The Morgan fingerprint density at radius 2 is 1.94 bits per heavy atom. The van der Waals surface area contributed by atoms with E-state index in [4.69, 9.17) is 10.5 Å². The number of nitrogens with zero attached hydrogens (tertiary/aromatic N) is 4. The third kappa shape index (κ3) is 6.65. The van der Waals surface area contributed by atoms with Crippen molar-refractivity contribution >= 4 is 29.3 Å². The van der Waals surface area contributed by atoms with Crippen LogP contribution in [0.15, 0.2) is 28.0 Å². The Morgan fingerprint density at radius 3 is 2.59 bits per heavy atom. The first-order valence-electron chi connectivity index (χ1n) is 10.5. The maximum Gasteiger partial charge on any atom is 0.330 e. The predicted molar refractivity (Wildman–Crippen MR) is 119 cm³/mol. The van der Waals surface area contributed by atoms with Crippen LogP contribution >= 0.6 is 0 Å². The zero-order valence-corrected chi connectivity index (χ0v) is 18.3. The lowest BCUT2D eigenvalue weighted by molar-refractivity contribution is -0.147. The second kappa shape index (κ2) is 12.2. The first kappa shape index (κ1) is 24.6. The molecule has 0 atom stereocenters. The topological polar surface area (TPSA) is 165 Å². The van der Waals surface area contributed by atoms with Crippen molar-refractivity contribution < 1.29 is 14.3 Å². The Labute approximate surface area is 184 Å². The van der Waals surface area contributed by atoms with E-state index in [1.165, 1.54) is 9.47 Å². The molecule has 32 heavy (non-hydrogen) atoms. The minimum Gasteiger partial charge on any atom is -0.455 e. The molecule has 0 saturated carbocycles. The number of unbranched alkanes of at least 4 members (excludes halogenated alkanes) is 1. The summed E-state index contributed by atoms with van der Waals surface area (Å²) >= 11 is 0. The molecule has 2 heterocycles. The van der Waals surface area contributed by atoms with Crippen LogP contribution in [0.3, 0.4) is 0 Å². The SMILES string of the molecule is CCCCN(C(=O)COC(=O)CCNc1ncccn1)c1c(N)n(CCC)c(=O)[nH]c1=O. The average Bonchev–Trinajstić information content (AvgIpc) is 2.77. The number of esters is 1. The molecule has 0 fully saturated rings. The number of anilines is 3. The third-order valence-electron chi connectivity index (χ3n) is 4.50. The molecular formula is C20H29N7O5. The van der Waals surface area contributed by atoms with Gasteiger partial charge in [-0.25, -0.2) is 14.8 Å². The van der Waals surface area contributed by atoms with E-state index in [-0.39, 0.29) is 37.6 Å². The summed E-state index contributed by atoms with van der Waals surface area (Å²) in [5.41, 5.74) is 4.57. The Kier molecular flexibility index (Phi) is 9.39. The Morgan fingerprint density at radius 1 is 1.22 bits per heavy atom. The van der Waals surface area contributed by atoms with Gasteiger partial charge in [0.2, 0.25) is 5.95 Å². The van der Waals surface area contributed by atoms with Gasteiger partial charge in [-0.05, 0) is 18.9 Å². The van der Waals surface area contributed by atoms with Crippen LogP contribution in [0.4, 0.5) is 17.5 Å². The summed E-state index contributed by atoms with van der Waals surface area (Å²) in [6.07, 6.45) is 5.07. The van der Waals surface area contributed by atoms with E-state index >= 15 is 0 Å². The van der Waals surface area contributed by atoms with Crippen LogP contribution in [0.1, 0.15) is 39.5 Å². The van der Waals surface area contributed by atoms with Crippen molar-refractivity contribution in [2.45, 2.75) is 46.1 Å². The summed E-state index contributed by atoms with van der Waals surface area (Å²) in [5.74, 6) is -0.928. The van der Waals surface area contributed by atoms with E-state index in [0.717, 1.165) is 6.42 Å². The fraction of sp³-hybridized carbons (Fsp3) is 0.500.